The maximum absolute atomic E-state index is 11.2. The summed E-state index contributed by atoms with van der Waals surface area (Å²) < 4.78 is 0. The van der Waals surface area contributed by atoms with Crippen LogP contribution in [0.2, 0.25) is 0 Å². The zero-order valence-corrected chi connectivity index (χ0v) is 9.70. The molecular formula is C12H13N3O2. The Hall–Kier alpha value is -2.35. The van der Waals surface area contributed by atoms with Crippen LogP contribution in [0.5, 0.6) is 0 Å². The number of aryl methyl sites for hydroxylation is 1. The number of amides is 2. The van der Waals surface area contributed by atoms with Crippen LogP contribution in [0.1, 0.15) is 18.9 Å². The number of carbonyl (C=O) groups is 2. The Labute approximate surface area is 99.4 Å². The molecule has 0 aromatic heterocycles. The number of anilines is 2. The van der Waals surface area contributed by atoms with Crippen molar-refractivity contribution in [2.75, 3.05) is 10.6 Å². The molecule has 0 saturated heterocycles. The second-order valence-electron chi connectivity index (χ2n) is 3.59. The van der Waals surface area contributed by atoms with Crippen molar-refractivity contribution in [2.45, 2.75) is 20.3 Å². The van der Waals surface area contributed by atoms with Crippen LogP contribution in [0.25, 0.3) is 0 Å². The van der Waals surface area contributed by atoms with E-state index in [1.54, 1.807) is 24.3 Å². The fraction of sp³-hybridized carbons (Fsp3) is 0.250. The van der Waals surface area contributed by atoms with Crippen LogP contribution in [0.4, 0.5) is 11.4 Å². The number of nitrogens with one attached hydrogen (secondary N) is 2. The molecule has 17 heavy (non-hydrogen) atoms. The lowest BCUT2D eigenvalue weighted by Crippen LogP contribution is -2.11. The third kappa shape index (κ3) is 3.95. The second-order valence-corrected chi connectivity index (χ2v) is 3.59. The molecule has 0 unspecified atom stereocenters. The quantitative estimate of drug-likeness (QED) is 0.832. The van der Waals surface area contributed by atoms with Crippen molar-refractivity contribution in [2.24, 2.45) is 0 Å². The number of hydrogen-bond donors (Lipinski definition) is 2. The Morgan fingerprint density at radius 1 is 1.35 bits per heavy atom. The molecule has 5 heteroatoms. The van der Waals surface area contributed by atoms with Crippen molar-refractivity contribution in [3.05, 3.63) is 23.8 Å². The molecule has 88 valence electrons. The van der Waals surface area contributed by atoms with Crippen LogP contribution in [-0.2, 0) is 9.59 Å². The molecule has 1 aromatic carbocycles. The highest BCUT2D eigenvalue weighted by molar-refractivity contribution is 5.93. The highest BCUT2D eigenvalue weighted by Crippen LogP contribution is 2.19. The topological polar surface area (TPSA) is 82.0 Å². The van der Waals surface area contributed by atoms with Gasteiger partial charge in [-0.15, -0.1) is 0 Å². The first-order valence-electron chi connectivity index (χ1n) is 5.08. The summed E-state index contributed by atoms with van der Waals surface area (Å²) >= 11 is 0. The number of benzene rings is 1. The molecule has 0 atom stereocenters. The highest BCUT2D eigenvalue weighted by atomic mass is 16.2. The van der Waals surface area contributed by atoms with E-state index in [4.69, 9.17) is 5.26 Å². The molecule has 0 saturated carbocycles. The van der Waals surface area contributed by atoms with Gasteiger partial charge in [-0.3, -0.25) is 9.59 Å². The number of carbonyl (C=O) groups excluding carboxylic acids is 2. The van der Waals surface area contributed by atoms with Crippen molar-refractivity contribution < 1.29 is 9.59 Å². The van der Waals surface area contributed by atoms with Crippen LogP contribution >= 0.6 is 0 Å². The smallest absolute Gasteiger partial charge is 0.238 e. The van der Waals surface area contributed by atoms with E-state index in [-0.39, 0.29) is 18.2 Å². The SMILES string of the molecule is CC(=O)Nc1ccc(NC(=O)CC#N)cc1C. The standard InChI is InChI=1S/C12H13N3O2/c1-8-7-10(15-12(17)5-6-13)3-4-11(8)14-9(2)16/h3-4,7H,5H2,1-2H3,(H,14,16)(H,15,17). The summed E-state index contributed by atoms with van der Waals surface area (Å²) in [4.78, 5) is 22.1. The molecule has 0 aliphatic heterocycles. The summed E-state index contributed by atoms with van der Waals surface area (Å²) in [5.41, 5.74) is 2.16. The summed E-state index contributed by atoms with van der Waals surface area (Å²) in [6.07, 6.45) is -0.174. The number of nitriles is 1. The van der Waals surface area contributed by atoms with E-state index < -0.39 is 0 Å². The van der Waals surface area contributed by atoms with Crippen LogP contribution < -0.4 is 10.6 Å². The minimum absolute atomic E-state index is 0.144. The Bertz CT molecular complexity index is 489. The lowest BCUT2D eigenvalue weighted by Gasteiger charge is -2.09. The molecule has 0 bridgehead atoms. The first-order chi connectivity index (χ1) is 8.02. The molecular weight excluding hydrogens is 218 g/mol. The van der Waals surface area contributed by atoms with Gasteiger partial charge >= 0.3 is 0 Å². The fourth-order valence-electron chi connectivity index (χ4n) is 1.35. The van der Waals surface area contributed by atoms with Gasteiger partial charge in [-0.1, -0.05) is 0 Å². The maximum atomic E-state index is 11.2. The zero-order valence-electron chi connectivity index (χ0n) is 9.70. The van der Waals surface area contributed by atoms with Crippen LogP contribution in [0.3, 0.4) is 0 Å². The lowest BCUT2D eigenvalue weighted by atomic mass is 10.1. The van der Waals surface area contributed by atoms with Crippen molar-refractivity contribution in [3.8, 4) is 6.07 Å². The molecule has 0 fully saturated rings. The summed E-state index contributed by atoms with van der Waals surface area (Å²) in [5.74, 6) is -0.492. The Morgan fingerprint density at radius 3 is 2.59 bits per heavy atom. The minimum atomic E-state index is -0.348. The summed E-state index contributed by atoms with van der Waals surface area (Å²) in [6.45, 7) is 3.26. The van der Waals surface area contributed by atoms with E-state index in [0.29, 0.717) is 11.4 Å². The molecule has 2 N–H and O–H groups in total. The minimum Gasteiger partial charge on any atom is -0.326 e. The molecule has 0 heterocycles. The summed E-state index contributed by atoms with van der Waals surface area (Å²) in [6, 6.07) is 6.89. The maximum Gasteiger partial charge on any atom is 0.238 e. The average molecular weight is 231 g/mol. The molecule has 5 nitrogen and oxygen atoms in total. The van der Waals surface area contributed by atoms with Gasteiger partial charge in [-0.05, 0) is 30.7 Å². The first-order valence-corrected chi connectivity index (χ1v) is 5.08. The fourth-order valence-corrected chi connectivity index (χ4v) is 1.35. The van der Waals surface area contributed by atoms with Gasteiger partial charge in [-0.2, -0.15) is 5.26 Å². The van der Waals surface area contributed by atoms with Gasteiger partial charge in [0.25, 0.3) is 0 Å². The third-order valence-electron chi connectivity index (χ3n) is 2.06. The monoisotopic (exact) mass is 231 g/mol. The van der Waals surface area contributed by atoms with Crippen molar-refractivity contribution in [3.63, 3.8) is 0 Å². The van der Waals surface area contributed by atoms with E-state index in [9.17, 15) is 9.59 Å². The normalized spacial score (nSPS) is 9.24. The molecule has 0 spiro atoms. The highest BCUT2D eigenvalue weighted by Gasteiger charge is 2.04. The van der Waals surface area contributed by atoms with E-state index in [2.05, 4.69) is 10.6 Å². The van der Waals surface area contributed by atoms with Crippen LogP contribution in [0.15, 0.2) is 18.2 Å². The van der Waals surface area contributed by atoms with Gasteiger partial charge in [-0.25, -0.2) is 0 Å². The first kappa shape index (κ1) is 12.7. The van der Waals surface area contributed by atoms with Crippen molar-refractivity contribution >= 4 is 23.2 Å². The van der Waals surface area contributed by atoms with Crippen LogP contribution in [-0.4, -0.2) is 11.8 Å². The molecule has 0 aliphatic rings. The van der Waals surface area contributed by atoms with Gasteiger partial charge in [0, 0.05) is 18.3 Å². The van der Waals surface area contributed by atoms with Gasteiger partial charge in [0.1, 0.15) is 6.42 Å². The summed E-state index contributed by atoms with van der Waals surface area (Å²) in [7, 11) is 0. The Balaban J connectivity index is 2.79. The van der Waals surface area contributed by atoms with Gasteiger partial charge in [0.2, 0.25) is 11.8 Å². The molecule has 1 rings (SSSR count). The average Bonchev–Trinajstić information content (AvgIpc) is 2.22. The van der Waals surface area contributed by atoms with E-state index >= 15 is 0 Å². The number of rotatable bonds is 3. The summed E-state index contributed by atoms with van der Waals surface area (Å²) in [5, 5.41) is 13.6. The predicted molar refractivity (Wildman–Crippen MR) is 64.3 cm³/mol. The van der Waals surface area contributed by atoms with Crippen LogP contribution in [0, 0.1) is 18.3 Å². The Morgan fingerprint density at radius 2 is 2.06 bits per heavy atom. The van der Waals surface area contributed by atoms with Gasteiger partial charge in [0.15, 0.2) is 0 Å². The number of hydrogen-bond acceptors (Lipinski definition) is 3. The second kappa shape index (κ2) is 5.66. The lowest BCUT2D eigenvalue weighted by molar-refractivity contribution is -0.115. The van der Waals surface area contributed by atoms with E-state index in [1.807, 2.05) is 6.92 Å². The van der Waals surface area contributed by atoms with Crippen molar-refractivity contribution in [1.29, 1.82) is 5.26 Å². The molecule has 0 aliphatic carbocycles. The van der Waals surface area contributed by atoms with Gasteiger partial charge < -0.3 is 10.6 Å². The molecule has 2 amide bonds. The zero-order chi connectivity index (χ0) is 12.8. The molecule has 1 aromatic rings. The largest absolute Gasteiger partial charge is 0.326 e. The third-order valence-corrected chi connectivity index (χ3v) is 2.06. The van der Waals surface area contributed by atoms with Gasteiger partial charge in [0.05, 0.1) is 6.07 Å². The number of nitrogens with zero attached hydrogens (tertiary/aromatic N) is 1. The molecule has 0 radical (unpaired) electrons. The predicted octanol–water partition coefficient (Wildman–Crippen LogP) is 1.81. The van der Waals surface area contributed by atoms with Crippen molar-refractivity contribution in [1.82, 2.24) is 0 Å². The Kier molecular flexibility index (Phi) is 4.23. The van der Waals surface area contributed by atoms with E-state index in [1.165, 1.54) is 6.92 Å². The van der Waals surface area contributed by atoms with E-state index in [0.717, 1.165) is 5.56 Å².